The molecule has 1 aromatic carbocycles. The number of nitrogens with zero attached hydrogens (tertiary/aromatic N) is 4. The molecule has 2 unspecified atom stereocenters. The van der Waals surface area contributed by atoms with Gasteiger partial charge in [0.25, 0.3) is 5.92 Å². The lowest BCUT2D eigenvalue weighted by Gasteiger charge is -2.41. The fourth-order valence-electron chi connectivity index (χ4n) is 6.09. The smallest absolute Gasteiger partial charge is 0.287 e. The molecule has 1 aliphatic heterocycles. The Morgan fingerprint density at radius 3 is 2.62 bits per heavy atom. The van der Waals surface area contributed by atoms with Crippen LogP contribution in [0.1, 0.15) is 72.4 Å². The molecule has 0 fully saturated rings. The number of anilines is 1. The molecule has 2 atom stereocenters. The second kappa shape index (κ2) is 10.8. The first-order valence-electron chi connectivity index (χ1n) is 13.7. The monoisotopic (exact) mass is 529 g/mol. The molecule has 0 radical (unpaired) electrons. The van der Waals surface area contributed by atoms with Gasteiger partial charge in [-0.05, 0) is 49.7 Å². The second-order valence-corrected chi connectivity index (χ2v) is 10.9. The third kappa shape index (κ3) is 5.54. The van der Waals surface area contributed by atoms with Crippen LogP contribution >= 0.6 is 0 Å². The van der Waals surface area contributed by atoms with E-state index < -0.39 is 5.92 Å². The summed E-state index contributed by atoms with van der Waals surface area (Å²) in [7, 11) is 0. The van der Waals surface area contributed by atoms with Crippen molar-refractivity contribution in [1.82, 2.24) is 19.7 Å². The molecular weight excluding hydrogens is 492 g/mol. The fraction of sp³-hybridized carbons (Fsp3) is 0.375. The topological polar surface area (TPSA) is 60.0 Å². The number of aryl methyl sites for hydroxylation is 1. The molecule has 5 nitrogen and oxygen atoms in total. The number of hydrogen-bond donors (Lipinski definition) is 1. The van der Waals surface area contributed by atoms with Gasteiger partial charge in [-0.25, -0.2) is 0 Å². The average molecular weight is 530 g/mol. The highest BCUT2D eigenvalue weighted by Crippen LogP contribution is 2.44. The van der Waals surface area contributed by atoms with Crippen LogP contribution in [0.4, 0.5) is 14.5 Å². The van der Waals surface area contributed by atoms with Crippen LogP contribution in [0.25, 0.3) is 5.70 Å². The maximum Gasteiger partial charge on any atom is 0.287 e. The Balaban J connectivity index is 1.51. The Kier molecular flexibility index (Phi) is 7.43. The van der Waals surface area contributed by atoms with Gasteiger partial charge in [0.05, 0.1) is 18.3 Å². The first kappa shape index (κ1) is 26.9. The molecule has 204 valence electrons. The van der Waals surface area contributed by atoms with E-state index in [1.807, 2.05) is 12.1 Å². The van der Waals surface area contributed by atoms with Crippen molar-refractivity contribution >= 4 is 11.4 Å². The lowest BCUT2D eigenvalue weighted by Crippen LogP contribution is -2.36. The molecule has 2 N–H and O–H groups in total. The van der Waals surface area contributed by atoms with Gasteiger partial charge in [-0.1, -0.05) is 61.7 Å². The molecule has 1 aliphatic carbocycles. The standard InChI is InChI=1S/C32H37F2N5/c1-5-21(2)17-23-11-13-27-31-28(14-12-23)38(22(3)25-19-36-30(18-26(25)35)32(4,33)34)16-15-29(31)39(37-27)20-24-9-7-6-8-10-24/h5-10,18-19,23,28H,1-3,11-17,20H2,4H3,(H2,35,36). The van der Waals surface area contributed by atoms with Gasteiger partial charge in [0.15, 0.2) is 0 Å². The van der Waals surface area contributed by atoms with Gasteiger partial charge in [-0.15, -0.1) is 0 Å². The largest absolute Gasteiger partial charge is 0.398 e. The lowest BCUT2D eigenvalue weighted by atomic mass is 9.81. The average Bonchev–Trinajstić information content (AvgIpc) is 3.25. The Labute approximate surface area is 229 Å². The first-order valence-corrected chi connectivity index (χ1v) is 13.7. The molecule has 39 heavy (non-hydrogen) atoms. The Bertz CT molecular complexity index is 1390. The number of nitrogens with two attached hydrogens (primary N) is 1. The molecule has 0 saturated carbocycles. The minimum Gasteiger partial charge on any atom is -0.398 e. The number of rotatable bonds is 8. The van der Waals surface area contributed by atoms with Crippen LogP contribution in [0.3, 0.4) is 0 Å². The summed E-state index contributed by atoms with van der Waals surface area (Å²) in [5, 5.41) is 5.16. The summed E-state index contributed by atoms with van der Waals surface area (Å²) in [5.74, 6) is -2.57. The van der Waals surface area contributed by atoms with Crippen LogP contribution in [0, 0.1) is 5.92 Å². The number of benzene rings is 1. The van der Waals surface area contributed by atoms with E-state index >= 15 is 0 Å². The van der Waals surface area contributed by atoms with Crippen molar-refractivity contribution < 1.29 is 8.78 Å². The maximum atomic E-state index is 13.9. The third-order valence-corrected chi connectivity index (χ3v) is 8.17. The van der Waals surface area contributed by atoms with Gasteiger partial charge >= 0.3 is 0 Å². The predicted molar refractivity (Wildman–Crippen MR) is 153 cm³/mol. The first-order chi connectivity index (χ1) is 18.7. The highest BCUT2D eigenvalue weighted by molar-refractivity contribution is 5.73. The van der Waals surface area contributed by atoms with Crippen LogP contribution in [-0.4, -0.2) is 26.2 Å². The molecule has 0 amide bonds. The van der Waals surface area contributed by atoms with Crippen molar-refractivity contribution in [2.45, 2.75) is 64.0 Å². The molecule has 0 spiro atoms. The zero-order chi connectivity index (χ0) is 27.7. The van der Waals surface area contributed by atoms with Gasteiger partial charge in [-0.3, -0.25) is 9.67 Å². The summed E-state index contributed by atoms with van der Waals surface area (Å²) < 4.78 is 29.9. The van der Waals surface area contributed by atoms with Crippen molar-refractivity contribution in [1.29, 1.82) is 0 Å². The van der Waals surface area contributed by atoms with Gasteiger partial charge in [-0.2, -0.15) is 13.9 Å². The van der Waals surface area contributed by atoms with Gasteiger partial charge in [0, 0.05) is 54.3 Å². The second-order valence-electron chi connectivity index (χ2n) is 10.9. The van der Waals surface area contributed by atoms with Gasteiger partial charge < -0.3 is 10.6 Å². The maximum absolute atomic E-state index is 13.9. The van der Waals surface area contributed by atoms with E-state index in [0.29, 0.717) is 11.5 Å². The van der Waals surface area contributed by atoms with Crippen LogP contribution < -0.4 is 5.73 Å². The van der Waals surface area contributed by atoms with E-state index in [4.69, 9.17) is 10.8 Å². The van der Waals surface area contributed by atoms with Crippen molar-refractivity contribution in [3.8, 4) is 0 Å². The van der Waals surface area contributed by atoms with Gasteiger partial charge in [0.1, 0.15) is 5.69 Å². The van der Waals surface area contributed by atoms with Crippen molar-refractivity contribution in [2.75, 3.05) is 12.3 Å². The van der Waals surface area contributed by atoms with E-state index in [-0.39, 0.29) is 17.4 Å². The number of hydrogen-bond acceptors (Lipinski definition) is 4. The minimum absolute atomic E-state index is 0.0762. The van der Waals surface area contributed by atoms with Crippen molar-refractivity contribution in [2.24, 2.45) is 5.92 Å². The van der Waals surface area contributed by atoms with E-state index in [1.54, 1.807) is 0 Å². The molecular formula is C32H37F2N5. The summed E-state index contributed by atoms with van der Waals surface area (Å²) in [6.07, 6.45) is 8.97. The molecule has 5 rings (SSSR count). The highest BCUT2D eigenvalue weighted by atomic mass is 19.3. The number of pyridine rings is 1. The van der Waals surface area contributed by atoms with Gasteiger partial charge in [0.2, 0.25) is 0 Å². The third-order valence-electron chi connectivity index (χ3n) is 8.17. The Morgan fingerprint density at radius 2 is 1.92 bits per heavy atom. The Hall–Kier alpha value is -3.74. The van der Waals surface area contributed by atoms with Crippen molar-refractivity contribution in [3.63, 3.8) is 0 Å². The summed E-state index contributed by atoms with van der Waals surface area (Å²) in [6.45, 7) is 14.8. The number of alkyl halides is 2. The highest BCUT2D eigenvalue weighted by Gasteiger charge is 2.37. The zero-order valence-electron chi connectivity index (χ0n) is 22.7. The number of nitrogen functional groups attached to an aromatic ring is 1. The van der Waals surface area contributed by atoms with Crippen LogP contribution in [0.15, 0.2) is 74.0 Å². The predicted octanol–water partition coefficient (Wildman–Crippen LogP) is 7.07. The van der Waals surface area contributed by atoms with Crippen LogP contribution in [0.2, 0.25) is 0 Å². The molecule has 2 aliphatic rings. The number of allylic oxidation sites excluding steroid dienone is 2. The molecule has 0 saturated heterocycles. The molecule has 0 bridgehead atoms. The molecule has 7 heteroatoms. The fourth-order valence-corrected chi connectivity index (χ4v) is 6.09. The van der Waals surface area contributed by atoms with Crippen LogP contribution in [-0.2, 0) is 25.3 Å². The Morgan fingerprint density at radius 1 is 1.15 bits per heavy atom. The van der Waals surface area contributed by atoms with Crippen molar-refractivity contribution in [3.05, 3.63) is 108 Å². The summed E-state index contributed by atoms with van der Waals surface area (Å²) in [6, 6.07) is 11.8. The van der Waals surface area contributed by atoms with E-state index in [2.05, 4.69) is 58.6 Å². The quantitative estimate of drug-likeness (QED) is 0.317. The summed E-state index contributed by atoms with van der Waals surface area (Å²) >= 11 is 0. The number of aromatic nitrogens is 3. The van der Waals surface area contributed by atoms with E-state index in [9.17, 15) is 8.78 Å². The molecule has 3 heterocycles. The van der Waals surface area contributed by atoms with E-state index in [1.165, 1.54) is 29.1 Å². The molecule has 2 aromatic heterocycles. The number of halogens is 2. The lowest BCUT2D eigenvalue weighted by molar-refractivity contribution is 0.0128. The zero-order valence-corrected chi connectivity index (χ0v) is 22.7. The van der Waals surface area contributed by atoms with E-state index in [0.717, 1.165) is 75.5 Å². The minimum atomic E-state index is -3.06. The summed E-state index contributed by atoms with van der Waals surface area (Å²) in [5.41, 5.74) is 13.5. The normalized spacial score (nSPS) is 19.1. The SMILES string of the molecule is C=CC(=C)CC1CCc2nn(Cc3ccccc3)c3c2C(CC1)N(C(=C)c1cnc(C(C)(F)F)cc1N)CC3. The van der Waals surface area contributed by atoms with Crippen LogP contribution in [0.5, 0.6) is 0 Å². The molecule has 3 aromatic rings. The summed E-state index contributed by atoms with van der Waals surface area (Å²) in [4.78, 5) is 6.33.